The molecule has 0 radical (unpaired) electrons. The first kappa shape index (κ1) is 14.4. The molecular formula is C18H21N3O2. The van der Waals surface area contributed by atoms with Gasteiger partial charge in [-0.05, 0) is 48.4 Å². The maximum absolute atomic E-state index is 11.9. The second-order valence-electron chi connectivity index (χ2n) is 7.05. The summed E-state index contributed by atoms with van der Waals surface area (Å²) < 4.78 is 0. The Labute approximate surface area is 135 Å². The summed E-state index contributed by atoms with van der Waals surface area (Å²) in [7, 11) is 0. The Morgan fingerprint density at radius 3 is 2.83 bits per heavy atom. The van der Waals surface area contributed by atoms with E-state index >= 15 is 0 Å². The van der Waals surface area contributed by atoms with E-state index in [2.05, 4.69) is 28.8 Å². The molecule has 4 rings (SSSR count). The number of nitrogens with one attached hydrogen (secondary N) is 2. The largest absolute Gasteiger partial charge is 0.326 e. The molecule has 1 fully saturated rings. The minimum Gasteiger partial charge on any atom is -0.326 e. The Hall–Kier alpha value is -2.17. The molecule has 0 aromatic heterocycles. The number of hydrogen-bond donors (Lipinski definition) is 2. The quantitative estimate of drug-likeness (QED) is 0.836. The lowest BCUT2D eigenvalue weighted by Gasteiger charge is -2.25. The molecule has 0 spiro atoms. The first-order chi connectivity index (χ1) is 11.1. The number of fused-ring (bicyclic) bond motifs is 2. The first-order valence-electron chi connectivity index (χ1n) is 8.42. The molecule has 1 aromatic carbocycles. The highest BCUT2D eigenvalue weighted by Crippen LogP contribution is 2.37. The van der Waals surface area contributed by atoms with E-state index in [1.165, 1.54) is 0 Å². The number of amides is 2. The number of hydrazone groups is 1. The summed E-state index contributed by atoms with van der Waals surface area (Å²) in [5.74, 6) is 0.785. The number of carbonyl (C=O) groups is 2. The number of anilines is 1. The molecule has 23 heavy (non-hydrogen) atoms. The van der Waals surface area contributed by atoms with Crippen LogP contribution in [0.3, 0.4) is 0 Å². The molecule has 0 saturated heterocycles. The fourth-order valence-corrected chi connectivity index (χ4v) is 4.17. The zero-order valence-corrected chi connectivity index (χ0v) is 13.3. The van der Waals surface area contributed by atoms with Gasteiger partial charge in [0, 0.05) is 23.9 Å². The van der Waals surface area contributed by atoms with E-state index in [9.17, 15) is 9.59 Å². The van der Waals surface area contributed by atoms with E-state index in [1.807, 2.05) is 12.1 Å². The molecule has 2 heterocycles. The molecule has 2 amide bonds. The monoisotopic (exact) mass is 311 g/mol. The van der Waals surface area contributed by atoms with Crippen molar-refractivity contribution in [2.24, 2.45) is 22.9 Å². The summed E-state index contributed by atoms with van der Waals surface area (Å²) >= 11 is 0. The molecule has 2 N–H and O–H groups in total. The molecule has 0 bridgehead atoms. The molecule has 1 aliphatic carbocycles. The third kappa shape index (κ3) is 2.54. The van der Waals surface area contributed by atoms with Crippen LogP contribution < -0.4 is 10.7 Å². The summed E-state index contributed by atoms with van der Waals surface area (Å²) in [5.41, 5.74) is 6.83. The van der Waals surface area contributed by atoms with Crippen molar-refractivity contribution in [2.75, 3.05) is 5.32 Å². The van der Waals surface area contributed by atoms with Crippen molar-refractivity contribution in [2.45, 2.75) is 39.0 Å². The molecule has 3 unspecified atom stereocenters. The maximum Gasteiger partial charge on any atom is 0.243 e. The van der Waals surface area contributed by atoms with Gasteiger partial charge in [-0.2, -0.15) is 5.10 Å². The van der Waals surface area contributed by atoms with E-state index in [4.69, 9.17) is 0 Å². The van der Waals surface area contributed by atoms with Crippen molar-refractivity contribution >= 4 is 23.2 Å². The Bertz CT molecular complexity index is 710. The van der Waals surface area contributed by atoms with Crippen LogP contribution in [0, 0.1) is 17.8 Å². The van der Waals surface area contributed by atoms with Gasteiger partial charge in [0.15, 0.2) is 0 Å². The van der Waals surface area contributed by atoms with Gasteiger partial charge >= 0.3 is 0 Å². The van der Waals surface area contributed by atoms with Gasteiger partial charge in [0.05, 0.1) is 5.71 Å². The topological polar surface area (TPSA) is 70.6 Å². The van der Waals surface area contributed by atoms with Gasteiger partial charge in [0.2, 0.25) is 11.8 Å². The van der Waals surface area contributed by atoms with Crippen LogP contribution in [0.5, 0.6) is 0 Å². The number of carbonyl (C=O) groups excluding carboxylic acids is 2. The van der Waals surface area contributed by atoms with Crippen LogP contribution in [0.1, 0.15) is 43.7 Å². The third-order valence-electron chi connectivity index (χ3n) is 5.27. The summed E-state index contributed by atoms with van der Waals surface area (Å²) in [4.78, 5) is 23.8. The zero-order valence-electron chi connectivity index (χ0n) is 13.3. The van der Waals surface area contributed by atoms with Crippen molar-refractivity contribution in [3.63, 3.8) is 0 Å². The van der Waals surface area contributed by atoms with Gasteiger partial charge in [-0.25, -0.2) is 5.43 Å². The second-order valence-corrected chi connectivity index (χ2v) is 7.05. The van der Waals surface area contributed by atoms with E-state index in [-0.39, 0.29) is 23.7 Å². The molecule has 1 aromatic rings. The molecule has 3 atom stereocenters. The Kier molecular flexibility index (Phi) is 3.43. The van der Waals surface area contributed by atoms with E-state index in [1.54, 1.807) is 0 Å². The van der Waals surface area contributed by atoms with E-state index in [0.29, 0.717) is 12.3 Å². The molecule has 2 aliphatic heterocycles. The number of benzene rings is 1. The zero-order chi connectivity index (χ0) is 16.0. The predicted molar refractivity (Wildman–Crippen MR) is 88.1 cm³/mol. The molecule has 120 valence electrons. The highest BCUT2D eigenvalue weighted by Gasteiger charge is 2.39. The fourth-order valence-electron chi connectivity index (χ4n) is 4.17. The van der Waals surface area contributed by atoms with Crippen LogP contribution in [-0.2, 0) is 16.0 Å². The van der Waals surface area contributed by atoms with Crippen molar-refractivity contribution in [3.8, 4) is 0 Å². The van der Waals surface area contributed by atoms with Crippen LogP contribution in [0.15, 0.2) is 23.3 Å². The lowest BCUT2D eigenvalue weighted by atomic mass is 9.85. The normalized spacial score (nSPS) is 29.8. The van der Waals surface area contributed by atoms with Crippen molar-refractivity contribution < 1.29 is 9.59 Å². The van der Waals surface area contributed by atoms with Crippen molar-refractivity contribution in [1.29, 1.82) is 0 Å². The minimum absolute atomic E-state index is 0.0619. The van der Waals surface area contributed by atoms with Crippen LogP contribution in [0.4, 0.5) is 5.69 Å². The van der Waals surface area contributed by atoms with Gasteiger partial charge in [0.1, 0.15) is 0 Å². The third-order valence-corrected chi connectivity index (χ3v) is 5.27. The highest BCUT2D eigenvalue weighted by atomic mass is 16.2. The van der Waals surface area contributed by atoms with Crippen molar-refractivity contribution in [3.05, 3.63) is 29.3 Å². The Balaban J connectivity index is 1.70. The average molecular weight is 311 g/mol. The standard InChI is InChI=1S/C18H21N3O2/c1-10-7-12-9-11(5-6-15(12)19-16(22)8-10)17-13-3-2-4-14(13)18(23)21-20-17/h5-6,9-10,13-14H,2-4,7-8H2,1H3,(H,19,22)(H,21,23). The number of rotatable bonds is 1. The Morgan fingerprint density at radius 1 is 1.13 bits per heavy atom. The van der Waals surface area contributed by atoms with Gasteiger partial charge in [0.25, 0.3) is 0 Å². The average Bonchev–Trinajstić information content (AvgIpc) is 2.94. The summed E-state index contributed by atoms with van der Waals surface area (Å²) in [6, 6.07) is 6.13. The SMILES string of the molecule is CC1CC(=O)Nc2ccc(C3=NNC(=O)C4CCCC34)cc2C1. The van der Waals surface area contributed by atoms with E-state index in [0.717, 1.165) is 48.2 Å². The van der Waals surface area contributed by atoms with Crippen LogP contribution in [-0.4, -0.2) is 17.5 Å². The van der Waals surface area contributed by atoms with Gasteiger partial charge < -0.3 is 5.32 Å². The minimum atomic E-state index is 0.0619. The van der Waals surface area contributed by atoms with Gasteiger partial charge in [-0.15, -0.1) is 0 Å². The van der Waals surface area contributed by atoms with Crippen LogP contribution in [0.25, 0.3) is 0 Å². The van der Waals surface area contributed by atoms with E-state index < -0.39 is 0 Å². The Morgan fingerprint density at radius 2 is 1.96 bits per heavy atom. The lowest BCUT2D eigenvalue weighted by Crippen LogP contribution is -2.39. The molecule has 5 nitrogen and oxygen atoms in total. The number of hydrogen-bond acceptors (Lipinski definition) is 3. The molecular weight excluding hydrogens is 290 g/mol. The predicted octanol–water partition coefficient (Wildman–Crippen LogP) is 2.46. The summed E-state index contributed by atoms with van der Waals surface area (Å²) in [6.07, 6.45) is 4.51. The smallest absolute Gasteiger partial charge is 0.243 e. The molecule has 1 saturated carbocycles. The van der Waals surface area contributed by atoms with Crippen LogP contribution >= 0.6 is 0 Å². The second kappa shape index (κ2) is 5.48. The van der Waals surface area contributed by atoms with Crippen molar-refractivity contribution in [1.82, 2.24) is 5.43 Å². The maximum atomic E-state index is 11.9. The van der Waals surface area contributed by atoms with Gasteiger partial charge in [-0.1, -0.05) is 19.4 Å². The summed E-state index contributed by atoms with van der Waals surface area (Å²) in [6.45, 7) is 2.10. The highest BCUT2D eigenvalue weighted by molar-refractivity contribution is 6.07. The van der Waals surface area contributed by atoms with Gasteiger partial charge in [-0.3, -0.25) is 9.59 Å². The number of nitrogens with zero attached hydrogens (tertiary/aromatic N) is 1. The lowest BCUT2D eigenvalue weighted by molar-refractivity contribution is -0.126. The molecule has 5 heteroatoms. The fraction of sp³-hybridized carbons (Fsp3) is 0.500. The molecule has 3 aliphatic rings. The van der Waals surface area contributed by atoms with Crippen LogP contribution in [0.2, 0.25) is 0 Å². The first-order valence-corrected chi connectivity index (χ1v) is 8.42. The summed E-state index contributed by atoms with van der Waals surface area (Å²) in [5, 5.41) is 7.35.